The Bertz CT molecular complexity index is 312. The Balaban J connectivity index is 2.64. The summed E-state index contributed by atoms with van der Waals surface area (Å²) in [5, 5.41) is 3.26. The predicted octanol–water partition coefficient (Wildman–Crippen LogP) is 3.72. The first kappa shape index (κ1) is 11.8. The predicted molar refractivity (Wildman–Crippen MR) is 67.0 cm³/mol. The maximum Gasteiger partial charge on any atom is 0.125 e. The van der Waals surface area contributed by atoms with Crippen molar-refractivity contribution < 1.29 is 0 Å². The van der Waals surface area contributed by atoms with Gasteiger partial charge >= 0.3 is 0 Å². The molecule has 0 aliphatic rings. The number of aromatic nitrogens is 1. The van der Waals surface area contributed by atoms with Crippen LogP contribution in [-0.2, 0) is 0 Å². The van der Waals surface area contributed by atoms with E-state index in [4.69, 9.17) is 0 Å². The van der Waals surface area contributed by atoms with E-state index in [0.717, 1.165) is 25.2 Å². The van der Waals surface area contributed by atoms with Gasteiger partial charge in [0.2, 0.25) is 0 Å². The number of anilines is 1. The third-order valence-electron chi connectivity index (χ3n) is 2.31. The molecule has 1 N–H and O–H groups in total. The van der Waals surface area contributed by atoms with E-state index in [0.29, 0.717) is 0 Å². The summed E-state index contributed by atoms with van der Waals surface area (Å²) in [4.78, 5) is 4.35. The summed E-state index contributed by atoms with van der Waals surface area (Å²) in [6.45, 7) is 7.44. The molecule has 1 rings (SSSR count). The summed E-state index contributed by atoms with van der Waals surface area (Å²) >= 11 is 0. The fraction of sp³-hybridized carbons (Fsp3) is 0.462. The van der Waals surface area contributed by atoms with Gasteiger partial charge in [-0.3, -0.25) is 0 Å². The molecule has 0 saturated carbocycles. The molecule has 0 atom stereocenters. The third kappa shape index (κ3) is 4.15. The summed E-state index contributed by atoms with van der Waals surface area (Å²) in [6, 6.07) is 4.13. The van der Waals surface area contributed by atoms with Gasteiger partial charge in [0.15, 0.2) is 0 Å². The molecule has 82 valence electrons. The summed E-state index contributed by atoms with van der Waals surface area (Å²) in [7, 11) is 0. The van der Waals surface area contributed by atoms with E-state index in [2.05, 4.69) is 43.2 Å². The summed E-state index contributed by atoms with van der Waals surface area (Å²) in [5.74, 6) is 0.961. The van der Waals surface area contributed by atoms with Crippen molar-refractivity contribution in [3.05, 3.63) is 29.5 Å². The van der Waals surface area contributed by atoms with Crippen LogP contribution in [0.5, 0.6) is 0 Å². The first-order chi connectivity index (χ1) is 7.26. The number of hydrogen-bond donors (Lipinski definition) is 1. The molecule has 0 radical (unpaired) electrons. The van der Waals surface area contributed by atoms with Crippen LogP contribution in [0.3, 0.4) is 0 Å². The zero-order valence-electron chi connectivity index (χ0n) is 9.88. The van der Waals surface area contributed by atoms with E-state index >= 15 is 0 Å². The monoisotopic (exact) mass is 204 g/mol. The van der Waals surface area contributed by atoms with Crippen LogP contribution in [0.4, 0.5) is 5.82 Å². The Kier molecular flexibility index (Phi) is 4.88. The van der Waals surface area contributed by atoms with Crippen LogP contribution in [0.1, 0.15) is 39.2 Å². The van der Waals surface area contributed by atoms with Crippen molar-refractivity contribution in [2.45, 2.75) is 33.6 Å². The van der Waals surface area contributed by atoms with Crippen LogP contribution < -0.4 is 5.32 Å². The second kappa shape index (κ2) is 6.23. The molecule has 0 aliphatic carbocycles. The minimum absolute atomic E-state index is 0.961. The molecule has 0 aliphatic heterocycles. The molecule has 0 unspecified atom stereocenters. The third-order valence-corrected chi connectivity index (χ3v) is 2.31. The lowest BCUT2D eigenvalue weighted by Crippen LogP contribution is -2.01. The average Bonchev–Trinajstić information content (AvgIpc) is 2.28. The average molecular weight is 204 g/mol. The Morgan fingerprint density at radius 1 is 1.40 bits per heavy atom. The molecule has 0 saturated heterocycles. The maximum absolute atomic E-state index is 4.35. The molecule has 15 heavy (non-hydrogen) atoms. The van der Waals surface area contributed by atoms with E-state index < -0.39 is 0 Å². The number of nitrogens with zero attached hydrogens (tertiary/aromatic N) is 1. The highest BCUT2D eigenvalue weighted by molar-refractivity contribution is 5.53. The van der Waals surface area contributed by atoms with Gasteiger partial charge in [-0.25, -0.2) is 4.98 Å². The quantitative estimate of drug-likeness (QED) is 0.790. The molecule has 0 spiro atoms. The second-order valence-corrected chi connectivity index (χ2v) is 3.75. The van der Waals surface area contributed by atoms with Gasteiger partial charge in [-0.05, 0) is 37.5 Å². The summed E-state index contributed by atoms with van der Waals surface area (Å²) in [6.07, 6.45) is 6.31. The molecule has 0 aromatic carbocycles. The van der Waals surface area contributed by atoms with Crippen LogP contribution in [0.25, 0.3) is 6.08 Å². The SMILES string of the molecule is CCCNc1ccc(/C=C(\C)CC)cn1. The highest BCUT2D eigenvalue weighted by atomic mass is 15.0. The van der Waals surface area contributed by atoms with Crippen molar-refractivity contribution in [3.8, 4) is 0 Å². The number of allylic oxidation sites excluding steroid dienone is 1. The summed E-state index contributed by atoms with van der Waals surface area (Å²) < 4.78 is 0. The maximum atomic E-state index is 4.35. The molecule has 2 nitrogen and oxygen atoms in total. The fourth-order valence-corrected chi connectivity index (χ4v) is 1.23. The number of hydrogen-bond acceptors (Lipinski definition) is 2. The standard InChI is InChI=1S/C13H20N2/c1-4-8-14-13-7-6-12(10-15-13)9-11(3)5-2/h6-7,9-10H,4-5,8H2,1-3H3,(H,14,15)/b11-9+. The zero-order valence-corrected chi connectivity index (χ0v) is 9.88. The van der Waals surface area contributed by atoms with Crippen molar-refractivity contribution >= 4 is 11.9 Å². The smallest absolute Gasteiger partial charge is 0.125 e. The topological polar surface area (TPSA) is 24.9 Å². The lowest BCUT2D eigenvalue weighted by atomic mass is 10.1. The second-order valence-electron chi connectivity index (χ2n) is 3.75. The van der Waals surface area contributed by atoms with Crippen LogP contribution in [0, 0.1) is 0 Å². The van der Waals surface area contributed by atoms with E-state index in [1.54, 1.807) is 0 Å². The van der Waals surface area contributed by atoms with Crippen LogP contribution in [-0.4, -0.2) is 11.5 Å². The minimum Gasteiger partial charge on any atom is -0.370 e. The van der Waals surface area contributed by atoms with Gasteiger partial charge < -0.3 is 5.32 Å². The molecule has 1 aromatic rings. The van der Waals surface area contributed by atoms with Gasteiger partial charge in [0, 0.05) is 12.7 Å². The Hall–Kier alpha value is -1.31. The number of pyridine rings is 1. The minimum atomic E-state index is 0.961. The van der Waals surface area contributed by atoms with E-state index in [1.807, 2.05) is 12.3 Å². The van der Waals surface area contributed by atoms with Crippen molar-refractivity contribution in [1.29, 1.82) is 0 Å². The molecule has 0 fully saturated rings. The molecular weight excluding hydrogens is 184 g/mol. The molecule has 1 heterocycles. The fourth-order valence-electron chi connectivity index (χ4n) is 1.23. The Morgan fingerprint density at radius 2 is 2.20 bits per heavy atom. The van der Waals surface area contributed by atoms with Crippen molar-refractivity contribution in [3.63, 3.8) is 0 Å². The highest BCUT2D eigenvalue weighted by Crippen LogP contribution is 2.10. The van der Waals surface area contributed by atoms with Gasteiger partial charge in [0.1, 0.15) is 5.82 Å². The Morgan fingerprint density at radius 3 is 2.73 bits per heavy atom. The molecular formula is C13H20N2. The molecule has 1 aromatic heterocycles. The van der Waals surface area contributed by atoms with Gasteiger partial charge in [0.25, 0.3) is 0 Å². The Labute approximate surface area is 92.4 Å². The first-order valence-electron chi connectivity index (χ1n) is 5.63. The lowest BCUT2D eigenvalue weighted by Gasteiger charge is -2.03. The van der Waals surface area contributed by atoms with E-state index in [9.17, 15) is 0 Å². The molecule has 2 heteroatoms. The van der Waals surface area contributed by atoms with Gasteiger partial charge in [0.05, 0.1) is 0 Å². The van der Waals surface area contributed by atoms with Crippen LogP contribution in [0.2, 0.25) is 0 Å². The van der Waals surface area contributed by atoms with Gasteiger partial charge in [-0.2, -0.15) is 0 Å². The normalized spacial score (nSPS) is 11.5. The van der Waals surface area contributed by atoms with Crippen LogP contribution in [0.15, 0.2) is 23.9 Å². The largest absolute Gasteiger partial charge is 0.370 e. The molecule has 0 bridgehead atoms. The zero-order chi connectivity index (χ0) is 11.1. The van der Waals surface area contributed by atoms with Crippen molar-refractivity contribution in [2.24, 2.45) is 0 Å². The van der Waals surface area contributed by atoms with Crippen LogP contribution >= 0.6 is 0 Å². The van der Waals surface area contributed by atoms with Gasteiger partial charge in [-0.1, -0.05) is 25.5 Å². The molecule has 0 amide bonds. The first-order valence-corrected chi connectivity index (χ1v) is 5.63. The van der Waals surface area contributed by atoms with Crippen molar-refractivity contribution in [1.82, 2.24) is 4.98 Å². The number of nitrogens with one attached hydrogen (secondary N) is 1. The summed E-state index contributed by atoms with van der Waals surface area (Å²) in [5.41, 5.74) is 2.56. The lowest BCUT2D eigenvalue weighted by molar-refractivity contribution is 0.969. The van der Waals surface area contributed by atoms with Gasteiger partial charge in [-0.15, -0.1) is 0 Å². The number of rotatable bonds is 5. The van der Waals surface area contributed by atoms with E-state index in [-0.39, 0.29) is 0 Å². The van der Waals surface area contributed by atoms with E-state index in [1.165, 1.54) is 11.1 Å². The van der Waals surface area contributed by atoms with Crippen molar-refractivity contribution in [2.75, 3.05) is 11.9 Å². The highest BCUT2D eigenvalue weighted by Gasteiger charge is 1.93.